The van der Waals surface area contributed by atoms with E-state index in [1.807, 2.05) is 30.3 Å². The van der Waals surface area contributed by atoms with Gasteiger partial charge in [0, 0.05) is 59.3 Å². The van der Waals surface area contributed by atoms with Gasteiger partial charge in [0.05, 0.1) is 42.2 Å². The van der Waals surface area contributed by atoms with Crippen molar-refractivity contribution in [3.8, 4) is 33.8 Å². The van der Waals surface area contributed by atoms with Crippen LogP contribution in [-0.4, -0.2) is 49.1 Å². The van der Waals surface area contributed by atoms with Crippen molar-refractivity contribution in [1.29, 1.82) is 0 Å². The van der Waals surface area contributed by atoms with Gasteiger partial charge in [-0.3, -0.25) is 20.0 Å². The van der Waals surface area contributed by atoms with Crippen molar-refractivity contribution in [1.82, 2.24) is 30.0 Å². The van der Waals surface area contributed by atoms with Gasteiger partial charge in [-0.05, 0) is 41.5 Å². The molecule has 1 saturated heterocycles. The summed E-state index contributed by atoms with van der Waals surface area (Å²) in [4.78, 5) is 14.2. The fourth-order valence-electron chi connectivity index (χ4n) is 5.15. The van der Waals surface area contributed by atoms with Gasteiger partial charge < -0.3 is 9.40 Å². The molecule has 7 nitrogen and oxygen atoms in total. The van der Waals surface area contributed by atoms with Crippen molar-refractivity contribution in [2.45, 2.75) is 18.9 Å². The minimum Gasteiger partial charge on any atom is -0.472 e. The number of furan rings is 1. The molecule has 0 saturated carbocycles. The van der Waals surface area contributed by atoms with E-state index in [0.29, 0.717) is 13.1 Å². The normalized spacial score (nSPS) is 15.7. The average Bonchev–Trinajstić information content (AvgIpc) is 3.69. The molecule has 1 aromatic carbocycles. The molecular formula is C28H22F2N6O. The number of H-pyrrole nitrogens is 2. The Hall–Kier alpha value is -4.37. The average molecular weight is 497 g/mol. The van der Waals surface area contributed by atoms with Crippen molar-refractivity contribution in [2.75, 3.05) is 13.1 Å². The van der Waals surface area contributed by atoms with E-state index in [0.717, 1.165) is 61.1 Å². The first-order valence-corrected chi connectivity index (χ1v) is 12.1. The van der Waals surface area contributed by atoms with Crippen LogP contribution in [0, 0.1) is 0 Å². The molecule has 7 rings (SSSR count). The molecule has 5 aromatic heterocycles. The molecule has 184 valence electrons. The van der Waals surface area contributed by atoms with E-state index >= 15 is 0 Å². The Bertz CT molecular complexity index is 1740. The molecule has 1 aliphatic heterocycles. The first-order valence-electron chi connectivity index (χ1n) is 12.1. The van der Waals surface area contributed by atoms with Crippen LogP contribution in [-0.2, 0) is 6.54 Å². The number of pyridine rings is 2. The summed E-state index contributed by atoms with van der Waals surface area (Å²) in [6.45, 7) is 0.600. The minimum absolute atomic E-state index is 0.0983. The zero-order valence-corrected chi connectivity index (χ0v) is 19.7. The SMILES string of the molecule is FC1(F)CCN(Cc2cncc(-c3cc4c(-c5cc6c(-c7ccoc7)cccc6[nH]5)n[nH]c4cn3)c2)C1. The van der Waals surface area contributed by atoms with Gasteiger partial charge in [0.1, 0.15) is 5.69 Å². The fraction of sp³-hybridized carbons (Fsp3) is 0.179. The van der Waals surface area contributed by atoms with Crippen molar-refractivity contribution in [3.63, 3.8) is 0 Å². The number of halogens is 2. The van der Waals surface area contributed by atoms with E-state index in [4.69, 9.17) is 4.42 Å². The first-order chi connectivity index (χ1) is 18.0. The van der Waals surface area contributed by atoms with Crippen LogP contribution < -0.4 is 0 Å². The number of benzene rings is 1. The highest BCUT2D eigenvalue weighted by Gasteiger charge is 2.37. The second-order valence-corrected chi connectivity index (χ2v) is 9.55. The van der Waals surface area contributed by atoms with Crippen molar-refractivity contribution in [2.24, 2.45) is 0 Å². The molecule has 2 N–H and O–H groups in total. The lowest BCUT2D eigenvalue weighted by atomic mass is 10.0. The van der Waals surface area contributed by atoms with Crippen LogP contribution in [0.2, 0.25) is 0 Å². The summed E-state index contributed by atoms with van der Waals surface area (Å²) in [6, 6.07) is 14.1. The maximum Gasteiger partial charge on any atom is 0.261 e. The number of nitrogens with one attached hydrogen (secondary N) is 2. The molecule has 0 unspecified atom stereocenters. The third kappa shape index (κ3) is 3.97. The monoisotopic (exact) mass is 496 g/mol. The summed E-state index contributed by atoms with van der Waals surface area (Å²) in [5, 5.41) is 9.66. The van der Waals surface area contributed by atoms with Crippen molar-refractivity contribution >= 4 is 21.8 Å². The van der Waals surface area contributed by atoms with E-state index in [9.17, 15) is 8.78 Å². The van der Waals surface area contributed by atoms with E-state index in [-0.39, 0.29) is 13.0 Å². The van der Waals surface area contributed by atoms with Crippen LogP contribution in [0.3, 0.4) is 0 Å². The van der Waals surface area contributed by atoms with E-state index in [1.54, 1.807) is 36.0 Å². The lowest BCUT2D eigenvalue weighted by Gasteiger charge is -2.15. The van der Waals surface area contributed by atoms with Crippen LogP contribution in [0.4, 0.5) is 8.78 Å². The molecular weight excluding hydrogens is 474 g/mol. The maximum atomic E-state index is 13.6. The number of hydrogen-bond acceptors (Lipinski definition) is 5. The van der Waals surface area contributed by atoms with Gasteiger partial charge in [-0.2, -0.15) is 5.10 Å². The van der Waals surface area contributed by atoms with Crippen molar-refractivity contribution in [3.05, 3.63) is 79.1 Å². The molecule has 0 amide bonds. The third-order valence-corrected chi connectivity index (χ3v) is 6.94. The van der Waals surface area contributed by atoms with Crippen LogP contribution in [0.15, 0.2) is 78.0 Å². The number of rotatable bonds is 5. The molecule has 0 bridgehead atoms. The topological polar surface area (TPSA) is 86.6 Å². The summed E-state index contributed by atoms with van der Waals surface area (Å²) >= 11 is 0. The van der Waals surface area contributed by atoms with Gasteiger partial charge in [-0.25, -0.2) is 8.78 Å². The number of likely N-dealkylation sites (tertiary alicyclic amines) is 1. The Morgan fingerprint density at radius 1 is 1.00 bits per heavy atom. The quantitative estimate of drug-likeness (QED) is 0.294. The molecule has 0 radical (unpaired) electrons. The Morgan fingerprint density at radius 2 is 1.95 bits per heavy atom. The van der Waals surface area contributed by atoms with Gasteiger partial charge in [0.25, 0.3) is 5.92 Å². The predicted octanol–water partition coefficient (Wildman–Crippen LogP) is 6.27. The minimum atomic E-state index is -2.61. The molecule has 9 heteroatoms. The van der Waals surface area contributed by atoms with E-state index in [2.05, 4.69) is 37.3 Å². The summed E-state index contributed by atoms with van der Waals surface area (Å²) in [5.41, 5.74) is 8.04. The van der Waals surface area contributed by atoms with Crippen LogP contribution >= 0.6 is 0 Å². The predicted molar refractivity (Wildman–Crippen MR) is 137 cm³/mol. The lowest BCUT2D eigenvalue weighted by molar-refractivity contribution is 0.0115. The molecule has 1 aliphatic rings. The zero-order valence-electron chi connectivity index (χ0n) is 19.7. The molecule has 0 atom stereocenters. The summed E-state index contributed by atoms with van der Waals surface area (Å²) in [7, 11) is 0. The number of nitrogens with zero attached hydrogens (tertiary/aromatic N) is 4. The standard InChI is InChI=1S/C28H22F2N6O/c29-28(30)5-6-36(16-28)14-17-8-19(12-31-11-17)24-10-22-26(13-32-24)34-35-27(22)25-9-21-20(18-4-7-37-15-18)2-1-3-23(21)33-25/h1-4,7-13,15,33H,5-6,14,16H2,(H,34,35). The van der Waals surface area contributed by atoms with Gasteiger partial charge in [0.2, 0.25) is 0 Å². The Balaban J connectivity index is 1.24. The Kier molecular flexibility index (Phi) is 4.93. The molecule has 6 heterocycles. The maximum absolute atomic E-state index is 13.6. The van der Waals surface area contributed by atoms with Crippen LogP contribution in [0.5, 0.6) is 0 Å². The van der Waals surface area contributed by atoms with Gasteiger partial charge in [-0.15, -0.1) is 0 Å². The molecule has 0 spiro atoms. The van der Waals surface area contributed by atoms with Gasteiger partial charge >= 0.3 is 0 Å². The Morgan fingerprint density at radius 3 is 2.78 bits per heavy atom. The van der Waals surface area contributed by atoms with Gasteiger partial charge in [-0.1, -0.05) is 12.1 Å². The Labute approximate surface area is 210 Å². The summed E-state index contributed by atoms with van der Waals surface area (Å²) in [6.07, 6.45) is 8.54. The van der Waals surface area contributed by atoms with Crippen molar-refractivity contribution < 1.29 is 13.2 Å². The molecule has 1 fully saturated rings. The van der Waals surface area contributed by atoms with Crippen LogP contribution in [0.1, 0.15) is 12.0 Å². The second-order valence-electron chi connectivity index (χ2n) is 9.55. The van der Waals surface area contributed by atoms with Crippen LogP contribution in [0.25, 0.3) is 55.6 Å². The number of aromatic nitrogens is 5. The third-order valence-electron chi connectivity index (χ3n) is 6.94. The highest BCUT2D eigenvalue weighted by molar-refractivity contribution is 6.01. The highest BCUT2D eigenvalue weighted by atomic mass is 19.3. The molecule has 37 heavy (non-hydrogen) atoms. The number of alkyl halides is 2. The zero-order chi connectivity index (χ0) is 25.0. The number of aromatic amines is 2. The second kappa shape index (κ2) is 8.35. The first kappa shape index (κ1) is 21.9. The molecule has 0 aliphatic carbocycles. The lowest BCUT2D eigenvalue weighted by Crippen LogP contribution is -2.24. The number of hydrogen-bond donors (Lipinski definition) is 2. The fourth-order valence-corrected chi connectivity index (χ4v) is 5.15. The summed E-state index contributed by atoms with van der Waals surface area (Å²) < 4.78 is 32.5. The highest BCUT2D eigenvalue weighted by Crippen LogP contribution is 2.35. The van der Waals surface area contributed by atoms with Gasteiger partial charge in [0.15, 0.2) is 0 Å². The largest absolute Gasteiger partial charge is 0.472 e. The number of fused-ring (bicyclic) bond motifs is 2. The van der Waals surface area contributed by atoms with E-state index in [1.165, 1.54) is 0 Å². The smallest absolute Gasteiger partial charge is 0.261 e. The summed E-state index contributed by atoms with van der Waals surface area (Å²) in [5.74, 6) is -2.61. The molecule has 6 aromatic rings. The van der Waals surface area contributed by atoms with E-state index < -0.39 is 5.92 Å².